The molecule has 16 heavy (non-hydrogen) atoms. The Morgan fingerprint density at radius 2 is 2.12 bits per heavy atom. The molecule has 1 aromatic rings. The van der Waals surface area contributed by atoms with E-state index in [1.54, 1.807) is 0 Å². The van der Waals surface area contributed by atoms with Gasteiger partial charge in [0.25, 0.3) is 0 Å². The third-order valence-electron chi connectivity index (χ3n) is 2.29. The summed E-state index contributed by atoms with van der Waals surface area (Å²) in [5, 5.41) is 0. The lowest BCUT2D eigenvalue weighted by Gasteiger charge is -2.28. The molecule has 0 unspecified atom stereocenters. The van der Waals surface area contributed by atoms with Crippen LogP contribution in [0.3, 0.4) is 0 Å². The molecule has 0 atom stereocenters. The zero-order valence-corrected chi connectivity index (χ0v) is 12.8. The number of hydrogen-bond donors (Lipinski definition) is 1. The van der Waals surface area contributed by atoms with Gasteiger partial charge >= 0.3 is 0 Å². The van der Waals surface area contributed by atoms with Crippen molar-refractivity contribution in [2.45, 2.75) is 26.3 Å². The maximum atomic E-state index is 5.55. The van der Waals surface area contributed by atoms with Crippen LogP contribution in [0.4, 0.5) is 5.82 Å². The predicted octanol–water partition coefficient (Wildman–Crippen LogP) is 3.17. The Bertz CT molecular complexity index is 342. The van der Waals surface area contributed by atoms with E-state index in [1.807, 2.05) is 12.3 Å². The summed E-state index contributed by atoms with van der Waals surface area (Å²) < 4.78 is 1.98. The summed E-state index contributed by atoms with van der Waals surface area (Å²) in [6.07, 6.45) is 2.79. The lowest BCUT2D eigenvalue weighted by Crippen LogP contribution is -2.33. The highest BCUT2D eigenvalue weighted by Gasteiger charge is 2.14. The number of aromatic nitrogens is 1. The molecule has 0 aliphatic heterocycles. The SMILES string of the molecule is CC(C)N(CCCN)c1ncc(Br)cc1Br. The van der Waals surface area contributed by atoms with Crippen LogP contribution in [-0.2, 0) is 0 Å². The maximum Gasteiger partial charge on any atom is 0.143 e. The fourth-order valence-corrected chi connectivity index (χ4v) is 2.70. The molecule has 0 saturated heterocycles. The molecule has 5 heteroatoms. The number of nitrogens with two attached hydrogens (primary N) is 1. The molecule has 90 valence electrons. The summed E-state index contributed by atoms with van der Waals surface area (Å²) in [5.41, 5.74) is 5.55. The van der Waals surface area contributed by atoms with Crippen molar-refractivity contribution in [3.8, 4) is 0 Å². The average Bonchev–Trinajstić information content (AvgIpc) is 2.20. The van der Waals surface area contributed by atoms with Gasteiger partial charge in [-0.3, -0.25) is 0 Å². The number of anilines is 1. The van der Waals surface area contributed by atoms with Gasteiger partial charge < -0.3 is 10.6 Å². The zero-order valence-electron chi connectivity index (χ0n) is 9.58. The summed E-state index contributed by atoms with van der Waals surface area (Å²) in [5.74, 6) is 0.978. The van der Waals surface area contributed by atoms with E-state index < -0.39 is 0 Å². The molecule has 3 nitrogen and oxygen atoms in total. The van der Waals surface area contributed by atoms with Crippen LogP contribution in [0.15, 0.2) is 21.2 Å². The van der Waals surface area contributed by atoms with Crippen molar-refractivity contribution in [3.05, 3.63) is 21.2 Å². The average molecular weight is 351 g/mol. The number of nitrogens with zero attached hydrogens (tertiary/aromatic N) is 2. The molecule has 0 saturated carbocycles. The lowest BCUT2D eigenvalue weighted by atomic mass is 10.2. The topological polar surface area (TPSA) is 42.1 Å². The van der Waals surface area contributed by atoms with Crippen molar-refractivity contribution in [1.29, 1.82) is 0 Å². The number of halogens is 2. The normalized spacial score (nSPS) is 10.9. The van der Waals surface area contributed by atoms with Gasteiger partial charge in [-0.1, -0.05) is 0 Å². The van der Waals surface area contributed by atoms with Crippen molar-refractivity contribution in [1.82, 2.24) is 4.98 Å². The standard InChI is InChI=1S/C11H17Br2N3/c1-8(2)16(5-3-4-14)11-10(13)6-9(12)7-15-11/h6-8H,3-5,14H2,1-2H3. The number of hydrogen-bond acceptors (Lipinski definition) is 3. The third kappa shape index (κ3) is 3.71. The molecule has 0 fully saturated rings. The van der Waals surface area contributed by atoms with E-state index in [2.05, 4.69) is 55.6 Å². The van der Waals surface area contributed by atoms with Gasteiger partial charge in [0.2, 0.25) is 0 Å². The van der Waals surface area contributed by atoms with E-state index in [-0.39, 0.29) is 0 Å². The van der Waals surface area contributed by atoms with Crippen molar-refractivity contribution < 1.29 is 0 Å². The largest absolute Gasteiger partial charge is 0.353 e. The zero-order chi connectivity index (χ0) is 12.1. The Morgan fingerprint density at radius 1 is 1.44 bits per heavy atom. The third-order valence-corrected chi connectivity index (χ3v) is 3.30. The highest BCUT2D eigenvalue weighted by Crippen LogP contribution is 2.27. The summed E-state index contributed by atoms with van der Waals surface area (Å²) in [6.45, 7) is 5.96. The van der Waals surface area contributed by atoms with Gasteiger partial charge in [-0.25, -0.2) is 4.98 Å². The van der Waals surface area contributed by atoms with Crippen LogP contribution in [0, 0.1) is 0 Å². The minimum absolute atomic E-state index is 0.413. The Morgan fingerprint density at radius 3 is 2.62 bits per heavy atom. The maximum absolute atomic E-state index is 5.55. The second kappa shape index (κ2) is 6.57. The quantitative estimate of drug-likeness (QED) is 0.886. The molecule has 2 N–H and O–H groups in total. The molecule has 0 aromatic carbocycles. The number of rotatable bonds is 5. The van der Waals surface area contributed by atoms with Crippen LogP contribution in [-0.4, -0.2) is 24.1 Å². The molecule has 1 aromatic heterocycles. The van der Waals surface area contributed by atoms with Crippen LogP contribution < -0.4 is 10.6 Å². The highest BCUT2D eigenvalue weighted by molar-refractivity contribution is 9.11. The lowest BCUT2D eigenvalue weighted by molar-refractivity contribution is 0.647. The van der Waals surface area contributed by atoms with Crippen molar-refractivity contribution in [2.75, 3.05) is 18.0 Å². The Kier molecular flexibility index (Phi) is 5.72. The summed E-state index contributed by atoms with van der Waals surface area (Å²) in [7, 11) is 0. The minimum Gasteiger partial charge on any atom is -0.353 e. The highest BCUT2D eigenvalue weighted by atomic mass is 79.9. The first-order valence-electron chi connectivity index (χ1n) is 5.34. The van der Waals surface area contributed by atoms with Gasteiger partial charge in [0.05, 0.1) is 4.47 Å². The first-order valence-corrected chi connectivity index (χ1v) is 6.92. The minimum atomic E-state index is 0.413. The molecular weight excluding hydrogens is 334 g/mol. The fourth-order valence-electron chi connectivity index (χ4n) is 1.49. The molecule has 1 rings (SSSR count). The molecule has 0 aliphatic carbocycles. The van der Waals surface area contributed by atoms with E-state index in [0.29, 0.717) is 12.6 Å². The van der Waals surface area contributed by atoms with Crippen molar-refractivity contribution in [2.24, 2.45) is 5.73 Å². The summed E-state index contributed by atoms with van der Waals surface area (Å²) in [6, 6.07) is 2.43. The first-order chi connectivity index (χ1) is 7.56. The van der Waals surface area contributed by atoms with Gasteiger partial charge in [-0.2, -0.15) is 0 Å². The first kappa shape index (κ1) is 13.9. The monoisotopic (exact) mass is 349 g/mol. The Balaban J connectivity index is 2.92. The van der Waals surface area contributed by atoms with Gasteiger partial charge in [0, 0.05) is 23.3 Å². The van der Waals surface area contributed by atoms with Crippen LogP contribution in [0.5, 0.6) is 0 Å². The fraction of sp³-hybridized carbons (Fsp3) is 0.545. The van der Waals surface area contributed by atoms with E-state index >= 15 is 0 Å². The van der Waals surface area contributed by atoms with Crippen molar-refractivity contribution >= 4 is 37.7 Å². The smallest absolute Gasteiger partial charge is 0.143 e. The molecule has 0 spiro atoms. The van der Waals surface area contributed by atoms with Crippen LogP contribution >= 0.6 is 31.9 Å². The Labute approximate surface area is 114 Å². The van der Waals surface area contributed by atoms with E-state index in [4.69, 9.17) is 5.73 Å². The Hall–Kier alpha value is -0.130. The predicted molar refractivity (Wildman–Crippen MR) is 75.8 cm³/mol. The van der Waals surface area contributed by atoms with E-state index in [1.165, 1.54) is 0 Å². The van der Waals surface area contributed by atoms with E-state index in [9.17, 15) is 0 Å². The number of pyridine rings is 1. The molecule has 0 radical (unpaired) electrons. The van der Waals surface area contributed by atoms with Gasteiger partial charge in [-0.15, -0.1) is 0 Å². The van der Waals surface area contributed by atoms with Gasteiger partial charge in [-0.05, 0) is 64.7 Å². The second-order valence-electron chi connectivity index (χ2n) is 3.89. The van der Waals surface area contributed by atoms with Gasteiger partial charge in [0.15, 0.2) is 0 Å². The van der Waals surface area contributed by atoms with Gasteiger partial charge in [0.1, 0.15) is 5.82 Å². The summed E-state index contributed by atoms with van der Waals surface area (Å²) in [4.78, 5) is 6.70. The second-order valence-corrected chi connectivity index (χ2v) is 5.66. The summed E-state index contributed by atoms with van der Waals surface area (Å²) >= 11 is 6.95. The molecule has 0 bridgehead atoms. The van der Waals surface area contributed by atoms with Crippen LogP contribution in [0.2, 0.25) is 0 Å². The van der Waals surface area contributed by atoms with Crippen LogP contribution in [0.25, 0.3) is 0 Å². The van der Waals surface area contributed by atoms with Crippen molar-refractivity contribution in [3.63, 3.8) is 0 Å². The molecule has 0 amide bonds. The molecule has 1 heterocycles. The molecular formula is C11H17Br2N3. The molecule has 0 aliphatic rings. The van der Waals surface area contributed by atoms with E-state index in [0.717, 1.165) is 27.7 Å². The van der Waals surface area contributed by atoms with Crippen LogP contribution in [0.1, 0.15) is 20.3 Å².